The molecule has 2 atom stereocenters. The lowest BCUT2D eigenvalue weighted by atomic mass is 9.94. The molecule has 1 aliphatic carbocycles. The third-order valence-electron chi connectivity index (χ3n) is 6.66. The number of hydrogen-bond donors (Lipinski definition) is 2. The maximum atomic E-state index is 13.0. The number of carboxylic acids is 1. The largest absolute Gasteiger partial charge is 0.481 e. The summed E-state index contributed by atoms with van der Waals surface area (Å²) in [5.41, 5.74) is 4.31. The molecule has 2 amide bonds. The summed E-state index contributed by atoms with van der Waals surface area (Å²) in [7, 11) is 0. The Morgan fingerprint density at radius 3 is 2.35 bits per heavy atom. The first-order valence-electron chi connectivity index (χ1n) is 11.7. The minimum absolute atomic E-state index is 0.0441. The predicted molar refractivity (Wildman–Crippen MR) is 124 cm³/mol. The molecule has 0 radical (unpaired) electrons. The average Bonchev–Trinajstić information content (AvgIpc) is 3.16. The molecule has 0 bridgehead atoms. The van der Waals surface area contributed by atoms with Gasteiger partial charge in [0.1, 0.15) is 12.6 Å². The predicted octanol–water partition coefficient (Wildman–Crippen LogP) is 3.97. The van der Waals surface area contributed by atoms with Crippen molar-refractivity contribution in [3.05, 3.63) is 59.7 Å². The Balaban J connectivity index is 1.41. The van der Waals surface area contributed by atoms with E-state index >= 15 is 0 Å². The third kappa shape index (κ3) is 5.21. The Hall–Kier alpha value is -3.42. The van der Waals surface area contributed by atoms with Crippen LogP contribution in [0.3, 0.4) is 0 Å². The lowest BCUT2D eigenvalue weighted by Crippen LogP contribution is -2.52. The van der Waals surface area contributed by atoms with E-state index in [2.05, 4.69) is 5.32 Å². The Labute approximate surface area is 197 Å². The molecule has 180 valence electrons. The smallest absolute Gasteiger partial charge is 0.407 e. The number of rotatable bonds is 8. The number of aliphatic carboxylic acids is 1. The van der Waals surface area contributed by atoms with Crippen molar-refractivity contribution < 1.29 is 28.6 Å². The van der Waals surface area contributed by atoms with Gasteiger partial charge in [-0.1, -0.05) is 48.5 Å². The number of hydrogen-bond acceptors (Lipinski definition) is 4. The molecule has 1 fully saturated rings. The zero-order valence-corrected chi connectivity index (χ0v) is 18.9. The molecule has 2 aromatic carbocycles. The number of benzene rings is 2. The molecule has 2 N–H and O–H groups in total. The molecule has 0 spiro atoms. The van der Waals surface area contributed by atoms with Crippen molar-refractivity contribution in [2.24, 2.45) is 5.92 Å². The minimum atomic E-state index is -1.24. The first kappa shape index (κ1) is 23.7. The number of carbonyl (C=O) groups excluding carboxylic acids is 2. The van der Waals surface area contributed by atoms with Crippen molar-refractivity contribution in [2.75, 3.05) is 26.4 Å². The topological polar surface area (TPSA) is 95.9 Å². The van der Waals surface area contributed by atoms with Gasteiger partial charge in [-0.3, -0.25) is 14.0 Å². The summed E-state index contributed by atoms with van der Waals surface area (Å²) in [6, 6.07) is 14.6. The first-order chi connectivity index (χ1) is 16.5. The standard InChI is InChI=1S/C26H29FN2O5/c27-12-11-17-6-5-13-29(15-17)25(32)23(14-24(30)31)28-26(33)34-16-22-20-9-3-1-7-18(20)19-8-2-4-10-21(19)22/h1-4,7-10,17,22-23H,5-6,11-16H2,(H,28,33)(H,30,31). The van der Waals surface area contributed by atoms with Gasteiger partial charge in [0.25, 0.3) is 0 Å². The number of fused-ring (bicyclic) bond motifs is 3. The van der Waals surface area contributed by atoms with E-state index in [4.69, 9.17) is 4.74 Å². The van der Waals surface area contributed by atoms with Gasteiger partial charge in [0, 0.05) is 19.0 Å². The highest BCUT2D eigenvalue weighted by Crippen LogP contribution is 2.44. The number of likely N-dealkylation sites (tertiary alicyclic amines) is 1. The minimum Gasteiger partial charge on any atom is -0.481 e. The van der Waals surface area contributed by atoms with E-state index in [1.165, 1.54) is 4.90 Å². The summed E-state index contributed by atoms with van der Waals surface area (Å²) in [6.45, 7) is 0.439. The van der Waals surface area contributed by atoms with Crippen LogP contribution in [-0.4, -0.2) is 60.4 Å². The Morgan fingerprint density at radius 1 is 1.09 bits per heavy atom. The van der Waals surface area contributed by atoms with Gasteiger partial charge in [-0.25, -0.2) is 4.79 Å². The van der Waals surface area contributed by atoms with Gasteiger partial charge in [0.05, 0.1) is 13.1 Å². The number of amides is 2. The van der Waals surface area contributed by atoms with Crippen LogP contribution in [0.1, 0.15) is 42.7 Å². The third-order valence-corrected chi connectivity index (χ3v) is 6.66. The van der Waals surface area contributed by atoms with Crippen LogP contribution in [0.4, 0.5) is 9.18 Å². The summed E-state index contributed by atoms with van der Waals surface area (Å²) in [4.78, 5) is 38.5. The summed E-state index contributed by atoms with van der Waals surface area (Å²) in [5, 5.41) is 11.7. The van der Waals surface area contributed by atoms with Crippen molar-refractivity contribution in [1.82, 2.24) is 10.2 Å². The maximum Gasteiger partial charge on any atom is 0.407 e. The molecular weight excluding hydrogens is 439 g/mol. The monoisotopic (exact) mass is 468 g/mol. The van der Waals surface area contributed by atoms with Crippen LogP contribution in [0, 0.1) is 5.92 Å². The van der Waals surface area contributed by atoms with Crippen LogP contribution in [0.25, 0.3) is 11.1 Å². The second-order valence-electron chi connectivity index (χ2n) is 8.89. The number of piperidine rings is 1. The van der Waals surface area contributed by atoms with Crippen LogP contribution in [0.15, 0.2) is 48.5 Å². The normalized spacial score (nSPS) is 18.0. The molecule has 1 aliphatic heterocycles. The molecule has 1 saturated heterocycles. The zero-order valence-electron chi connectivity index (χ0n) is 18.9. The molecule has 0 aromatic heterocycles. The van der Waals surface area contributed by atoms with E-state index in [1.54, 1.807) is 0 Å². The molecule has 4 rings (SSSR count). The first-order valence-corrected chi connectivity index (χ1v) is 11.7. The molecular formula is C26H29FN2O5. The van der Waals surface area contributed by atoms with Crippen LogP contribution < -0.4 is 5.32 Å². The number of carboxylic acid groups (broad SMARTS) is 1. The van der Waals surface area contributed by atoms with Crippen LogP contribution in [0.2, 0.25) is 0 Å². The Kier molecular flexibility index (Phi) is 7.45. The molecule has 2 unspecified atom stereocenters. The molecule has 34 heavy (non-hydrogen) atoms. The van der Waals surface area contributed by atoms with Gasteiger partial charge in [0.2, 0.25) is 5.91 Å². The lowest BCUT2D eigenvalue weighted by Gasteiger charge is -2.34. The fraction of sp³-hybridized carbons (Fsp3) is 0.423. The van der Waals surface area contributed by atoms with E-state index in [0.29, 0.717) is 19.5 Å². The average molecular weight is 469 g/mol. The number of alkyl carbamates (subject to hydrolysis) is 1. The van der Waals surface area contributed by atoms with Gasteiger partial charge >= 0.3 is 12.1 Å². The Morgan fingerprint density at radius 2 is 1.74 bits per heavy atom. The van der Waals surface area contributed by atoms with E-state index < -0.39 is 37.1 Å². The van der Waals surface area contributed by atoms with Gasteiger partial charge in [0.15, 0.2) is 0 Å². The SMILES string of the molecule is O=C(O)CC(NC(=O)OCC1c2ccccc2-c2ccccc21)C(=O)N1CCCC(CCF)C1. The summed E-state index contributed by atoms with van der Waals surface area (Å²) in [6.07, 6.45) is 0.539. The van der Waals surface area contributed by atoms with Crippen molar-refractivity contribution in [3.8, 4) is 11.1 Å². The second kappa shape index (κ2) is 10.7. The lowest BCUT2D eigenvalue weighted by molar-refractivity contribution is -0.143. The molecule has 8 heteroatoms. The number of halogens is 1. The van der Waals surface area contributed by atoms with Crippen molar-refractivity contribution in [1.29, 1.82) is 0 Å². The molecule has 2 aromatic rings. The van der Waals surface area contributed by atoms with Gasteiger partial charge in [-0.15, -0.1) is 0 Å². The second-order valence-corrected chi connectivity index (χ2v) is 8.89. The fourth-order valence-electron chi connectivity index (χ4n) is 5.03. The maximum absolute atomic E-state index is 13.0. The van der Waals surface area contributed by atoms with E-state index in [-0.39, 0.29) is 18.4 Å². The summed E-state index contributed by atoms with van der Waals surface area (Å²) < 4.78 is 18.2. The highest BCUT2D eigenvalue weighted by molar-refractivity contribution is 5.89. The highest BCUT2D eigenvalue weighted by Gasteiger charge is 2.33. The number of alkyl halides is 1. The number of ether oxygens (including phenoxy) is 1. The molecule has 7 nitrogen and oxygen atoms in total. The summed E-state index contributed by atoms with van der Waals surface area (Å²) in [5.74, 6) is -1.77. The van der Waals surface area contributed by atoms with E-state index in [0.717, 1.165) is 35.1 Å². The fourth-order valence-corrected chi connectivity index (χ4v) is 5.03. The van der Waals surface area contributed by atoms with Crippen LogP contribution >= 0.6 is 0 Å². The highest BCUT2D eigenvalue weighted by atomic mass is 19.1. The van der Waals surface area contributed by atoms with Gasteiger partial charge in [-0.05, 0) is 47.4 Å². The number of nitrogens with one attached hydrogen (secondary N) is 1. The van der Waals surface area contributed by atoms with Crippen molar-refractivity contribution in [2.45, 2.75) is 37.6 Å². The van der Waals surface area contributed by atoms with Gasteiger partial charge in [-0.2, -0.15) is 0 Å². The zero-order chi connectivity index (χ0) is 24.1. The van der Waals surface area contributed by atoms with Crippen molar-refractivity contribution >= 4 is 18.0 Å². The summed E-state index contributed by atoms with van der Waals surface area (Å²) >= 11 is 0. The Bertz CT molecular complexity index is 1010. The van der Waals surface area contributed by atoms with E-state index in [1.807, 2.05) is 48.5 Å². The molecule has 0 saturated carbocycles. The number of carbonyl (C=O) groups is 3. The number of nitrogens with zero attached hydrogens (tertiary/aromatic N) is 1. The van der Waals surface area contributed by atoms with E-state index in [9.17, 15) is 23.9 Å². The molecule has 1 heterocycles. The van der Waals surface area contributed by atoms with Gasteiger partial charge < -0.3 is 20.1 Å². The quantitative estimate of drug-likeness (QED) is 0.611. The van der Waals surface area contributed by atoms with Crippen molar-refractivity contribution in [3.63, 3.8) is 0 Å². The van der Waals surface area contributed by atoms with Crippen LogP contribution in [-0.2, 0) is 14.3 Å². The molecule has 2 aliphatic rings. The van der Waals surface area contributed by atoms with Crippen LogP contribution in [0.5, 0.6) is 0 Å².